The van der Waals surface area contributed by atoms with Crippen LogP contribution in [0, 0.1) is 0 Å². The van der Waals surface area contributed by atoms with Gasteiger partial charge in [0.15, 0.2) is 0 Å². The minimum atomic E-state index is 0.785. The van der Waals surface area contributed by atoms with Crippen molar-refractivity contribution < 1.29 is 0 Å². The summed E-state index contributed by atoms with van der Waals surface area (Å²) in [6.45, 7) is 4.08. The molecule has 1 rings (SSSR count). The highest BCUT2D eigenvalue weighted by molar-refractivity contribution is 4.87. The first kappa shape index (κ1) is 11.1. The maximum Gasteiger partial charge on any atom is 0.141 e. The van der Waals surface area contributed by atoms with E-state index in [0.717, 1.165) is 18.9 Å². The summed E-state index contributed by atoms with van der Waals surface area (Å²) >= 11 is 0. The average molecular weight is 193 g/mol. The van der Waals surface area contributed by atoms with Crippen molar-refractivity contribution in [1.82, 2.24) is 15.3 Å². The van der Waals surface area contributed by atoms with Gasteiger partial charge >= 0.3 is 0 Å². The van der Waals surface area contributed by atoms with Gasteiger partial charge in [-0.3, -0.25) is 0 Å². The third kappa shape index (κ3) is 4.92. The second kappa shape index (κ2) is 7.44. The first-order chi connectivity index (χ1) is 6.93. The van der Waals surface area contributed by atoms with Crippen molar-refractivity contribution in [3.05, 3.63) is 24.3 Å². The molecule has 1 heterocycles. The zero-order valence-corrected chi connectivity index (χ0v) is 8.87. The van der Waals surface area contributed by atoms with Gasteiger partial charge in [-0.15, -0.1) is 0 Å². The fourth-order valence-corrected chi connectivity index (χ4v) is 1.30. The lowest BCUT2D eigenvalue weighted by Gasteiger charge is -2.02. The van der Waals surface area contributed by atoms with Crippen LogP contribution in [0.4, 0.5) is 0 Å². The zero-order chi connectivity index (χ0) is 10.1. The van der Waals surface area contributed by atoms with Crippen LogP contribution in [-0.4, -0.2) is 16.5 Å². The van der Waals surface area contributed by atoms with E-state index in [9.17, 15) is 0 Å². The third-order valence-electron chi connectivity index (χ3n) is 2.11. The van der Waals surface area contributed by atoms with Crippen LogP contribution in [0.2, 0.25) is 0 Å². The number of unbranched alkanes of at least 4 members (excludes halogenated alkanes) is 3. The van der Waals surface area contributed by atoms with E-state index in [1.165, 1.54) is 25.7 Å². The first-order valence-electron chi connectivity index (χ1n) is 5.40. The van der Waals surface area contributed by atoms with Crippen LogP contribution in [0.1, 0.15) is 38.4 Å². The molecule has 3 nitrogen and oxygen atoms in total. The minimum absolute atomic E-state index is 0.785. The van der Waals surface area contributed by atoms with Gasteiger partial charge in [0, 0.05) is 12.4 Å². The van der Waals surface area contributed by atoms with Crippen LogP contribution in [0.15, 0.2) is 18.5 Å². The summed E-state index contributed by atoms with van der Waals surface area (Å²) in [5.41, 5.74) is 0. The second-order valence-electron chi connectivity index (χ2n) is 3.40. The summed E-state index contributed by atoms with van der Waals surface area (Å²) in [5.74, 6) is 0.878. The van der Waals surface area contributed by atoms with E-state index in [2.05, 4.69) is 22.2 Å². The van der Waals surface area contributed by atoms with Gasteiger partial charge in [-0.25, -0.2) is 9.97 Å². The predicted molar refractivity (Wildman–Crippen MR) is 57.9 cm³/mol. The molecule has 0 aliphatic carbocycles. The molecule has 14 heavy (non-hydrogen) atoms. The Bertz CT molecular complexity index is 223. The van der Waals surface area contributed by atoms with Gasteiger partial charge in [-0.1, -0.05) is 26.2 Å². The molecule has 0 amide bonds. The summed E-state index contributed by atoms with van der Waals surface area (Å²) in [6, 6.07) is 1.84. The van der Waals surface area contributed by atoms with Crippen molar-refractivity contribution in [2.45, 2.75) is 39.2 Å². The summed E-state index contributed by atoms with van der Waals surface area (Å²) in [6.07, 6.45) is 8.76. The number of nitrogens with zero attached hydrogens (tertiary/aromatic N) is 2. The van der Waals surface area contributed by atoms with E-state index in [-0.39, 0.29) is 0 Å². The minimum Gasteiger partial charge on any atom is -0.310 e. The first-order valence-corrected chi connectivity index (χ1v) is 5.40. The van der Waals surface area contributed by atoms with Crippen LogP contribution >= 0.6 is 0 Å². The second-order valence-corrected chi connectivity index (χ2v) is 3.40. The van der Waals surface area contributed by atoms with Gasteiger partial charge in [0.2, 0.25) is 0 Å². The number of aromatic nitrogens is 2. The molecule has 0 spiro atoms. The van der Waals surface area contributed by atoms with Crippen LogP contribution in [0.5, 0.6) is 0 Å². The molecule has 3 heteroatoms. The topological polar surface area (TPSA) is 37.8 Å². The molecule has 78 valence electrons. The van der Waals surface area contributed by atoms with Gasteiger partial charge in [-0.05, 0) is 19.0 Å². The van der Waals surface area contributed by atoms with Gasteiger partial charge < -0.3 is 5.32 Å². The van der Waals surface area contributed by atoms with E-state index in [4.69, 9.17) is 0 Å². The zero-order valence-electron chi connectivity index (χ0n) is 8.87. The van der Waals surface area contributed by atoms with Crippen molar-refractivity contribution in [1.29, 1.82) is 0 Å². The quantitative estimate of drug-likeness (QED) is 0.674. The fraction of sp³-hybridized carbons (Fsp3) is 0.636. The highest BCUT2D eigenvalue weighted by Gasteiger charge is 1.92. The van der Waals surface area contributed by atoms with Crippen LogP contribution in [-0.2, 0) is 6.54 Å². The predicted octanol–water partition coefficient (Wildman–Crippen LogP) is 2.15. The Morgan fingerprint density at radius 3 is 2.64 bits per heavy atom. The molecule has 1 aromatic heterocycles. The van der Waals surface area contributed by atoms with Crippen molar-refractivity contribution in [3.63, 3.8) is 0 Å². The van der Waals surface area contributed by atoms with E-state index >= 15 is 0 Å². The molecule has 0 aliphatic heterocycles. The molecular formula is C11H19N3. The van der Waals surface area contributed by atoms with Crippen molar-refractivity contribution >= 4 is 0 Å². The standard InChI is InChI=1S/C11H19N3/c1-2-3-4-5-7-12-10-11-13-8-6-9-14-11/h6,8-9,12H,2-5,7,10H2,1H3. The molecule has 0 bridgehead atoms. The number of hydrogen-bond donors (Lipinski definition) is 1. The van der Waals surface area contributed by atoms with E-state index in [1.54, 1.807) is 12.4 Å². The Morgan fingerprint density at radius 1 is 1.14 bits per heavy atom. The van der Waals surface area contributed by atoms with Gasteiger partial charge in [0.1, 0.15) is 5.82 Å². The highest BCUT2D eigenvalue weighted by atomic mass is 14.9. The lowest BCUT2D eigenvalue weighted by molar-refractivity contribution is 0.587. The number of hydrogen-bond acceptors (Lipinski definition) is 3. The summed E-state index contributed by atoms with van der Waals surface area (Å²) < 4.78 is 0. The average Bonchev–Trinajstić information content (AvgIpc) is 2.25. The molecule has 0 unspecified atom stereocenters. The third-order valence-corrected chi connectivity index (χ3v) is 2.11. The summed E-state index contributed by atoms with van der Waals surface area (Å²) in [7, 11) is 0. The molecule has 0 aromatic carbocycles. The molecule has 0 radical (unpaired) electrons. The van der Waals surface area contributed by atoms with Crippen molar-refractivity contribution in [3.8, 4) is 0 Å². The molecule has 0 fully saturated rings. The fourth-order valence-electron chi connectivity index (χ4n) is 1.30. The maximum absolute atomic E-state index is 4.14. The van der Waals surface area contributed by atoms with Crippen LogP contribution < -0.4 is 5.32 Å². The van der Waals surface area contributed by atoms with E-state index in [0.29, 0.717) is 0 Å². The van der Waals surface area contributed by atoms with Gasteiger partial charge in [0.05, 0.1) is 6.54 Å². The SMILES string of the molecule is CCCCCCNCc1ncccn1. The largest absolute Gasteiger partial charge is 0.310 e. The van der Waals surface area contributed by atoms with Gasteiger partial charge in [0.25, 0.3) is 0 Å². The van der Waals surface area contributed by atoms with Crippen molar-refractivity contribution in [2.24, 2.45) is 0 Å². The van der Waals surface area contributed by atoms with Crippen LogP contribution in [0.3, 0.4) is 0 Å². The number of rotatable bonds is 7. The lowest BCUT2D eigenvalue weighted by Crippen LogP contribution is -2.16. The molecule has 1 aromatic rings. The smallest absolute Gasteiger partial charge is 0.141 e. The van der Waals surface area contributed by atoms with Crippen molar-refractivity contribution in [2.75, 3.05) is 6.54 Å². The Labute approximate surface area is 86.0 Å². The Balaban J connectivity index is 1.99. The normalized spacial score (nSPS) is 10.4. The van der Waals surface area contributed by atoms with E-state index < -0.39 is 0 Å². The lowest BCUT2D eigenvalue weighted by atomic mass is 10.2. The Kier molecular flexibility index (Phi) is 5.91. The monoisotopic (exact) mass is 193 g/mol. The number of nitrogens with one attached hydrogen (secondary N) is 1. The summed E-state index contributed by atoms with van der Waals surface area (Å²) in [4.78, 5) is 8.28. The molecule has 0 atom stereocenters. The van der Waals surface area contributed by atoms with Crippen LogP contribution in [0.25, 0.3) is 0 Å². The molecule has 0 saturated heterocycles. The summed E-state index contributed by atoms with van der Waals surface area (Å²) in [5, 5.41) is 3.34. The Morgan fingerprint density at radius 2 is 1.93 bits per heavy atom. The molecule has 0 saturated carbocycles. The van der Waals surface area contributed by atoms with Gasteiger partial charge in [-0.2, -0.15) is 0 Å². The molecular weight excluding hydrogens is 174 g/mol. The van der Waals surface area contributed by atoms with E-state index in [1.807, 2.05) is 6.07 Å². The molecule has 0 aliphatic rings. The highest BCUT2D eigenvalue weighted by Crippen LogP contribution is 1.97. The Hall–Kier alpha value is -0.960. The maximum atomic E-state index is 4.14. The molecule has 1 N–H and O–H groups in total.